The second-order valence-electron chi connectivity index (χ2n) is 2.68. The first-order chi connectivity index (χ1) is 6.63. The van der Waals surface area contributed by atoms with Gasteiger partial charge < -0.3 is 9.68 Å². The molecule has 0 aliphatic carbocycles. The number of carbonyl (C=O) groups excluding carboxylic acids is 2. The van der Waals surface area contributed by atoms with Gasteiger partial charge in [-0.2, -0.15) is 11.0 Å². The van der Waals surface area contributed by atoms with Crippen LogP contribution in [0.15, 0.2) is 0 Å². The van der Waals surface area contributed by atoms with Crippen LogP contribution >= 0.6 is 0 Å². The largest absolute Gasteiger partial charge is 0.371 e. The lowest BCUT2D eigenvalue weighted by Crippen LogP contribution is -2.22. The van der Waals surface area contributed by atoms with Gasteiger partial charge in [0.2, 0.25) is 0 Å². The van der Waals surface area contributed by atoms with Crippen LogP contribution in [-0.4, -0.2) is 25.0 Å². The maximum Gasteiger partial charge on any atom is 0.321 e. The van der Waals surface area contributed by atoms with Crippen molar-refractivity contribution in [3.8, 4) is 0 Å². The molecule has 0 saturated heterocycles. The molecule has 6 nitrogen and oxygen atoms in total. The van der Waals surface area contributed by atoms with Crippen molar-refractivity contribution >= 4 is 11.9 Å². The van der Waals surface area contributed by atoms with E-state index >= 15 is 0 Å². The molecule has 0 aromatic rings. The third-order valence-electron chi connectivity index (χ3n) is 1.24. The molecule has 0 aliphatic rings. The van der Waals surface area contributed by atoms with Crippen LogP contribution in [0.2, 0.25) is 0 Å². The van der Waals surface area contributed by atoms with Crippen molar-refractivity contribution in [1.29, 1.82) is 0 Å². The van der Waals surface area contributed by atoms with Crippen LogP contribution in [-0.2, 0) is 19.3 Å². The maximum atomic E-state index is 10.3. The molecule has 0 radical (unpaired) electrons. The van der Waals surface area contributed by atoms with Gasteiger partial charge in [-0.15, -0.1) is 0 Å². The fourth-order valence-corrected chi connectivity index (χ4v) is 0.700. The lowest BCUT2D eigenvalue weighted by molar-refractivity contribution is -0.149. The minimum Gasteiger partial charge on any atom is -0.371 e. The molecule has 6 heteroatoms. The van der Waals surface area contributed by atoms with E-state index in [4.69, 9.17) is 0 Å². The summed E-state index contributed by atoms with van der Waals surface area (Å²) >= 11 is 0. The fraction of sp³-hybridized carbons (Fsp3) is 0.750. The van der Waals surface area contributed by atoms with Gasteiger partial charge in [0.25, 0.3) is 0 Å². The van der Waals surface area contributed by atoms with Crippen LogP contribution in [0.5, 0.6) is 0 Å². The number of hydrogen-bond acceptors (Lipinski definition) is 6. The Morgan fingerprint density at radius 1 is 0.929 bits per heavy atom. The average molecular weight is 204 g/mol. The van der Waals surface area contributed by atoms with Crippen LogP contribution in [0.4, 0.5) is 0 Å². The van der Waals surface area contributed by atoms with Gasteiger partial charge in [-0.05, 0) is 12.8 Å². The Hall–Kier alpha value is -1.14. The highest BCUT2D eigenvalue weighted by Crippen LogP contribution is 1.85. The van der Waals surface area contributed by atoms with Gasteiger partial charge in [0.1, 0.15) is 0 Å². The molecule has 0 unspecified atom stereocenters. The van der Waals surface area contributed by atoms with Crippen molar-refractivity contribution in [2.75, 3.05) is 13.1 Å². The van der Waals surface area contributed by atoms with Crippen LogP contribution < -0.4 is 11.0 Å². The zero-order valence-electron chi connectivity index (χ0n) is 8.46. The van der Waals surface area contributed by atoms with Gasteiger partial charge in [-0.3, -0.25) is 9.59 Å². The molecule has 0 aromatic carbocycles. The summed E-state index contributed by atoms with van der Waals surface area (Å²) in [5, 5.41) is 0. The molecule has 0 atom stereocenters. The zero-order chi connectivity index (χ0) is 10.8. The van der Waals surface area contributed by atoms with Gasteiger partial charge in [-0.1, -0.05) is 0 Å². The number of nitrogens with one attached hydrogen (secondary N) is 2. The molecular weight excluding hydrogens is 188 g/mol. The van der Waals surface area contributed by atoms with E-state index < -0.39 is 0 Å². The Morgan fingerprint density at radius 3 is 1.57 bits per heavy atom. The molecular formula is C8H16N2O4. The first kappa shape index (κ1) is 12.9. The summed E-state index contributed by atoms with van der Waals surface area (Å²) in [5.74, 6) is -0.717. The van der Waals surface area contributed by atoms with E-state index in [1.54, 1.807) is 0 Å². The number of unbranched alkanes of at least 4 members (excludes halogenated alkanes) is 1. The van der Waals surface area contributed by atoms with E-state index in [0.29, 0.717) is 13.1 Å². The van der Waals surface area contributed by atoms with Crippen molar-refractivity contribution in [2.24, 2.45) is 0 Å². The van der Waals surface area contributed by atoms with E-state index in [0.717, 1.165) is 12.8 Å². The van der Waals surface area contributed by atoms with Crippen molar-refractivity contribution in [3.63, 3.8) is 0 Å². The van der Waals surface area contributed by atoms with E-state index in [9.17, 15) is 9.59 Å². The van der Waals surface area contributed by atoms with Gasteiger partial charge in [0.15, 0.2) is 0 Å². The van der Waals surface area contributed by atoms with E-state index in [1.807, 2.05) is 0 Å². The predicted molar refractivity (Wildman–Crippen MR) is 48.8 cm³/mol. The smallest absolute Gasteiger partial charge is 0.321 e. The summed E-state index contributed by atoms with van der Waals surface area (Å²) in [4.78, 5) is 29.6. The average Bonchev–Trinajstić information content (AvgIpc) is 2.08. The van der Waals surface area contributed by atoms with Crippen molar-refractivity contribution in [1.82, 2.24) is 11.0 Å². The summed E-state index contributed by atoms with van der Waals surface area (Å²) in [5.41, 5.74) is 5.00. The number of hydrogen-bond donors (Lipinski definition) is 2. The monoisotopic (exact) mass is 204 g/mol. The fourth-order valence-electron chi connectivity index (χ4n) is 0.700. The van der Waals surface area contributed by atoms with Crippen molar-refractivity contribution in [3.05, 3.63) is 0 Å². The topological polar surface area (TPSA) is 76.7 Å². The standard InChI is InChI=1S/C8H16N2O4/c1-7(11)13-9-5-3-4-6-10-14-8(2)12/h9-10H,3-6H2,1-2H3. The number of hydroxylamine groups is 2. The highest BCUT2D eigenvalue weighted by Gasteiger charge is 1.93. The Labute approximate surface area is 82.9 Å². The van der Waals surface area contributed by atoms with E-state index in [2.05, 4.69) is 20.6 Å². The van der Waals surface area contributed by atoms with Crippen LogP contribution in [0.25, 0.3) is 0 Å². The first-order valence-corrected chi connectivity index (χ1v) is 4.43. The maximum absolute atomic E-state index is 10.3. The Kier molecular flexibility index (Phi) is 7.77. The lowest BCUT2D eigenvalue weighted by Gasteiger charge is -2.04. The van der Waals surface area contributed by atoms with Gasteiger partial charge in [0.05, 0.1) is 0 Å². The zero-order valence-corrected chi connectivity index (χ0v) is 8.46. The second-order valence-corrected chi connectivity index (χ2v) is 2.68. The second kappa shape index (κ2) is 8.46. The molecule has 82 valence electrons. The number of carbonyl (C=O) groups is 2. The minimum atomic E-state index is -0.358. The third kappa shape index (κ3) is 10.9. The molecule has 0 saturated carbocycles. The van der Waals surface area contributed by atoms with Crippen molar-refractivity contribution in [2.45, 2.75) is 26.7 Å². The Morgan fingerprint density at radius 2 is 1.29 bits per heavy atom. The highest BCUT2D eigenvalue weighted by atomic mass is 16.7. The van der Waals surface area contributed by atoms with Crippen LogP contribution in [0.1, 0.15) is 26.7 Å². The van der Waals surface area contributed by atoms with Gasteiger partial charge in [0, 0.05) is 26.9 Å². The summed E-state index contributed by atoms with van der Waals surface area (Å²) in [7, 11) is 0. The Bertz CT molecular complexity index is 164. The highest BCUT2D eigenvalue weighted by molar-refractivity contribution is 5.65. The molecule has 0 fully saturated rings. The predicted octanol–water partition coefficient (Wildman–Crippen LogP) is -0.0980. The number of rotatable bonds is 7. The van der Waals surface area contributed by atoms with Crippen molar-refractivity contribution < 1.29 is 19.3 Å². The quantitative estimate of drug-likeness (QED) is 0.445. The van der Waals surface area contributed by atoms with Gasteiger partial charge >= 0.3 is 11.9 Å². The summed E-state index contributed by atoms with van der Waals surface area (Å²) in [6.07, 6.45) is 1.64. The molecule has 0 amide bonds. The molecule has 0 bridgehead atoms. The van der Waals surface area contributed by atoms with E-state index in [1.165, 1.54) is 13.8 Å². The lowest BCUT2D eigenvalue weighted by atomic mass is 10.3. The molecule has 0 aliphatic heterocycles. The first-order valence-electron chi connectivity index (χ1n) is 4.43. The summed E-state index contributed by atoms with van der Waals surface area (Å²) in [6, 6.07) is 0. The summed E-state index contributed by atoms with van der Waals surface area (Å²) < 4.78 is 0. The van der Waals surface area contributed by atoms with E-state index in [-0.39, 0.29) is 11.9 Å². The van der Waals surface area contributed by atoms with Crippen LogP contribution in [0.3, 0.4) is 0 Å². The molecule has 0 rings (SSSR count). The molecule has 0 aromatic heterocycles. The normalized spacial score (nSPS) is 9.57. The molecule has 14 heavy (non-hydrogen) atoms. The molecule has 0 spiro atoms. The molecule has 0 heterocycles. The van der Waals surface area contributed by atoms with Gasteiger partial charge in [-0.25, -0.2) is 0 Å². The third-order valence-corrected chi connectivity index (χ3v) is 1.24. The SMILES string of the molecule is CC(=O)ONCCCCNOC(C)=O. The summed E-state index contributed by atoms with van der Waals surface area (Å²) in [6.45, 7) is 3.83. The molecule has 2 N–H and O–H groups in total. The minimum absolute atomic E-state index is 0.358. The van der Waals surface area contributed by atoms with Crippen LogP contribution in [0, 0.1) is 0 Å². The Balaban J connectivity index is 2.99.